The van der Waals surface area contributed by atoms with Crippen LogP contribution in [0.3, 0.4) is 0 Å². The van der Waals surface area contributed by atoms with Crippen LogP contribution in [0.15, 0.2) is 48.5 Å². The van der Waals surface area contributed by atoms with Crippen molar-refractivity contribution in [2.75, 3.05) is 32.8 Å². The summed E-state index contributed by atoms with van der Waals surface area (Å²) in [6, 6.07) is 17.2. The molecule has 2 aromatic carbocycles. The highest BCUT2D eigenvalue weighted by molar-refractivity contribution is 5.44. The van der Waals surface area contributed by atoms with Crippen LogP contribution in [0.4, 0.5) is 0 Å². The monoisotopic (exact) mass is 368 g/mol. The van der Waals surface area contributed by atoms with Crippen molar-refractivity contribution in [2.24, 2.45) is 0 Å². The first-order chi connectivity index (χ1) is 13.3. The smallest absolute Gasteiger partial charge is 0.161 e. The van der Waals surface area contributed by atoms with Gasteiger partial charge < -0.3 is 14.8 Å². The van der Waals surface area contributed by atoms with E-state index in [0.29, 0.717) is 19.3 Å². The van der Waals surface area contributed by atoms with Crippen molar-refractivity contribution in [1.29, 1.82) is 0 Å². The lowest BCUT2D eigenvalue weighted by Gasteiger charge is -2.35. The predicted octanol–water partition coefficient (Wildman–Crippen LogP) is 4.41. The van der Waals surface area contributed by atoms with E-state index in [1.807, 2.05) is 25.1 Å². The van der Waals surface area contributed by atoms with Gasteiger partial charge >= 0.3 is 0 Å². The Balaban J connectivity index is 1.78. The normalized spacial score (nSPS) is 16.1. The maximum absolute atomic E-state index is 6.07. The number of nitrogens with zero attached hydrogens (tertiary/aromatic N) is 1. The van der Waals surface area contributed by atoms with Gasteiger partial charge in [0.1, 0.15) is 6.61 Å². The minimum absolute atomic E-state index is 0.444. The Bertz CT molecular complexity index is 684. The van der Waals surface area contributed by atoms with Gasteiger partial charge in [-0.3, -0.25) is 4.90 Å². The molecule has 3 rings (SSSR count). The first kappa shape index (κ1) is 19.7. The van der Waals surface area contributed by atoms with Crippen molar-refractivity contribution in [3.8, 4) is 11.5 Å². The van der Waals surface area contributed by atoms with Gasteiger partial charge in [-0.25, -0.2) is 0 Å². The minimum atomic E-state index is 0.444. The van der Waals surface area contributed by atoms with Gasteiger partial charge in [0.2, 0.25) is 0 Å². The Morgan fingerprint density at radius 2 is 1.74 bits per heavy atom. The van der Waals surface area contributed by atoms with Gasteiger partial charge in [0.15, 0.2) is 11.5 Å². The molecule has 1 fully saturated rings. The average molecular weight is 369 g/mol. The molecule has 146 valence electrons. The fourth-order valence-corrected chi connectivity index (χ4v) is 3.68. The van der Waals surface area contributed by atoms with E-state index in [1.165, 1.54) is 12.0 Å². The zero-order chi connectivity index (χ0) is 18.9. The number of hydrogen-bond donors (Lipinski definition) is 1. The molecule has 2 aromatic rings. The summed E-state index contributed by atoms with van der Waals surface area (Å²) in [5, 5.41) is 3.45. The summed E-state index contributed by atoms with van der Waals surface area (Å²) in [4.78, 5) is 2.59. The Morgan fingerprint density at radius 3 is 2.44 bits per heavy atom. The summed E-state index contributed by atoms with van der Waals surface area (Å²) in [5.41, 5.74) is 2.49. The molecule has 1 aliphatic rings. The van der Waals surface area contributed by atoms with Gasteiger partial charge in [-0.1, -0.05) is 49.7 Å². The lowest BCUT2D eigenvalue weighted by molar-refractivity contribution is 0.164. The van der Waals surface area contributed by atoms with E-state index in [-0.39, 0.29) is 0 Å². The first-order valence-electron chi connectivity index (χ1n) is 10.2. The third kappa shape index (κ3) is 5.47. The molecule has 0 aliphatic carbocycles. The van der Waals surface area contributed by atoms with Crippen LogP contribution in [0.2, 0.25) is 0 Å². The van der Waals surface area contributed by atoms with Crippen molar-refractivity contribution in [2.45, 2.75) is 39.3 Å². The lowest BCUT2D eigenvalue weighted by Crippen LogP contribution is -2.45. The molecule has 0 unspecified atom stereocenters. The lowest BCUT2D eigenvalue weighted by atomic mass is 9.99. The van der Waals surface area contributed by atoms with E-state index < -0.39 is 0 Å². The van der Waals surface area contributed by atoms with Crippen LogP contribution in [0.25, 0.3) is 0 Å². The molecular formula is C23H32N2O2. The quantitative estimate of drug-likeness (QED) is 0.711. The molecule has 0 bridgehead atoms. The van der Waals surface area contributed by atoms with Crippen LogP contribution < -0.4 is 14.8 Å². The van der Waals surface area contributed by atoms with Crippen LogP contribution in [0.1, 0.15) is 43.9 Å². The second-order valence-electron chi connectivity index (χ2n) is 7.00. The molecular weight excluding hydrogens is 336 g/mol. The number of nitrogens with one attached hydrogen (secondary N) is 1. The number of piperazine rings is 1. The van der Waals surface area contributed by atoms with Crippen molar-refractivity contribution >= 4 is 0 Å². The number of rotatable bonds is 9. The third-order valence-electron chi connectivity index (χ3n) is 5.04. The number of benzene rings is 2. The van der Waals surface area contributed by atoms with Crippen LogP contribution >= 0.6 is 0 Å². The van der Waals surface area contributed by atoms with E-state index in [4.69, 9.17) is 9.47 Å². The van der Waals surface area contributed by atoms with E-state index >= 15 is 0 Å². The van der Waals surface area contributed by atoms with Crippen molar-refractivity contribution in [1.82, 2.24) is 10.2 Å². The summed E-state index contributed by atoms with van der Waals surface area (Å²) in [7, 11) is 0. The molecule has 4 nitrogen and oxygen atoms in total. The Labute approximate surface area is 163 Å². The van der Waals surface area contributed by atoms with Crippen LogP contribution in [0.5, 0.6) is 11.5 Å². The molecule has 0 saturated carbocycles. The maximum atomic E-state index is 6.07. The molecule has 1 heterocycles. The summed E-state index contributed by atoms with van der Waals surface area (Å²) < 4.78 is 12.0. The molecule has 0 amide bonds. The summed E-state index contributed by atoms with van der Waals surface area (Å²) in [6.07, 6.45) is 2.33. The molecule has 1 saturated heterocycles. The van der Waals surface area contributed by atoms with Gasteiger partial charge in [0.05, 0.1) is 6.61 Å². The predicted molar refractivity (Wildman–Crippen MR) is 110 cm³/mol. The minimum Gasteiger partial charge on any atom is -0.490 e. The highest BCUT2D eigenvalue weighted by atomic mass is 16.5. The summed E-state index contributed by atoms with van der Waals surface area (Å²) >= 11 is 0. The molecule has 1 atom stereocenters. The maximum Gasteiger partial charge on any atom is 0.161 e. The molecule has 0 spiro atoms. The van der Waals surface area contributed by atoms with Crippen LogP contribution in [0, 0.1) is 0 Å². The van der Waals surface area contributed by atoms with Gasteiger partial charge in [0, 0.05) is 32.2 Å². The van der Waals surface area contributed by atoms with E-state index in [0.717, 1.165) is 49.7 Å². The molecule has 0 aromatic heterocycles. The number of hydrogen-bond acceptors (Lipinski definition) is 4. The fourth-order valence-electron chi connectivity index (χ4n) is 3.68. The van der Waals surface area contributed by atoms with E-state index in [9.17, 15) is 0 Å². The highest BCUT2D eigenvalue weighted by Crippen LogP contribution is 2.35. The average Bonchev–Trinajstić information content (AvgIpc) is 2.73. The van der Waals surface area contributed by atoms with Crippen molar-refractivity contribution in [3.63, 3.8) is 0 Å². The zero-order valence-electron chi connectivity index (χ0n) is 16.6. The molecule has 1 aliphatic heterocycles. The summed E-state index contributed by atoms with van der Waals surface area (Å²) in [5.74, 6) is 1.67. The SMILES string of the molecule is CCC[C@@H](c1ccc(OCc2ccccc2)c(OCC)c1)N1CCNCC1. The molecule has 1 N–H and O–H groups in total. The second kappa shape index (κ2) is 10.3. The highest BCUT2D eigenvalue weighted by Gasteiger charge is 2.22. The summed E-state index contributed by atoms with van der Waals surface area (Å²) in [6.45, 7) is 9.80. The Morgan fingerprint density at radius 1 is 0.963 bits per heavy atom. The van der Waals surface area contributed by atoms with Crippen LogP contribution in [-0.2, 0) is 6.61 Å². The second-order valence-corrected chi connectivity index (χ2v) is 7.00. The zero-order valence-corrected chi connectivity index (χ0v) is 16.6. The molecule has 27 heavy (non-hydrogen) atoms. The first-order valence-corrected chi connectivity index (χ1v) is 10.2. The standard InChI is InChI=1S/C23H32N2O2/c1-3-8-21(25-15-13-24-14-16-25)20-11-12-22(23(17-20)26-4-2)27-18-19-9-6-5-7-10-19/h5-7,9-12,17,21,24H,3-4,8,13-16,18H2,1-2H3/t21-/m0/s1. The van der Waals surface area contributed by atoms with Gasteiger partial charge in [-0.15, -0.1) is 0 Å². The van der Waals surface area contributed by atoms with E-state index in [2.05, 4.69) is 47.5 Å². The fraction of sp³-hybridized carbons (Fsp3) is 0.478. The largest absolute Gasteiger partial charge is 0.490 e. The molecule has 4 heteroatoms. The Hall–Kier alpha value is -2.04. The van der Waals surface area contributed by atoms with Gasteiger partial charge in [-0.05, 0) is 36.6 Å². The van der Waals surface area contributed by atoms with Gasteiger partial charge in [0.25, 0.3) is 0 Å². The Kier molecular flexibility index (Phi) is 7.55. The van der Waals surface area contributed by atoms with E-state index in [1.54, 1.807) is 0 Å². The number of ether oxygens (including phenoxy) is 2. The third-order valence-corrected chi connectivity index (χ3v) is 5.04. The molecule has 0 radical (unpaired) electrons. The topological polar surface area (TPSA) is 33.7 Å². The van der Waals surface area contributed by atoms with Crippen molar-refractivity contribution < 1.29 is 9.47 Å². The van der Waals surface area contributed by atoms with Crippen molar-refractivity contribution in [3.05, 3.63) is 59.7 Å². The van der Waals surface area contributed by atoms with Crippen LogP contribution in [-0.4, -0.2) is 37.7 Å². The van der Waals surface area contributed by atoms with Gasteiger partial charge in [-0.2, -0.15) is 0 Å².